The Morgan fingerprint density at radius 2 is 1.84 bits per heavy atom. The van der Waals surface area contributed by atoms with Crippen LogP contribution < -0.4 is 15.4 Å². The molecule has 0 spiro atoms. The molecule has 0 saturated heterocycles. The standard InChI is InChI=1S/C24H32N2O4S/c1-3-5-8-15-30-18-13-11-17(12-14-18)25-16-21(27)26-23-22(24(28)29-4-2)19-9-6-7-10-20(19)31-23/h11-14,25H,3-10,15-16H2,1-2H3,(H,26,27). The minimum Gasteiger partial charge on any atom is -0.494 e. The van der Waals surface area contributed by atoms with Crippen LogP contribution in [0.15, 0.2) is 24.3 Å². The van der Waals surface area contributed by atoms with E-state index in [1.54, 1.807) is 6.92 Å². The quantitative estimate of drug-likeness (QED) is 0.357. The van der Waals surface area contributed by atoms with Gasteiger partial charge in [-0.2, -0.15) is 0 Å². The van der Waals surface area contributed by atoms with E-state index in [-0.39, 0.29) is 18.4 Å². The number of hydrogen-bond donors (Lipinski definition) is 2. The molecule has 1 amide bonds. The summed E-state index contributed by atoms with van der Waals surface area (Å²) in [4.78, 5) is 26.3. The summed E-state index contributed by atoms with van der Waals surface area (Å²) in [6.07, 6.45) is 7.38. The van der Waals surface area contributed by atoms with Crippen molar-refractivity contribution in [3.05, 3.63) is 40.3 Å². The first kappa shape index (κ1) is 23.1. The highest BCUT2D eigenvalue weighted by Gasteiger charge is 2.27. The maximum atomic E-state index is 12.6. The van der Waals surface area contributed by atoms with Gasteiger partial charge in [-0.15, -0.1) is 11.3 Å². The van der Waals surface area contributed by atoms with E-state index in [0.29, 0.717) is 17.2 Å². The number of hydrogen-bond acceptors (Lipinski definition) is 6. The van der Waals surface area contributed by atoms with E-state index < -0.39 is 0 Å². The largest absolute Gasteiger partial charge is 0.494 e. The molecule has 31 heavy (non-hydrogen) atoms. The van der Waals surface area contributed by atoms with Crippen molar-refractivity contribution in [2.45, 2.75) is 58.8 Å². The van der Waals surface area contributed by atoms with Gasteiger partial charge in [0.15, 0.2) is 0 Å². The Kier molecular flexibility index (Phi) is 8.76. The average molecular weight is 445 g/mol. The number of nitrogens with one attached hydrogen (secondary N) is 2. The molecule has 168 valence electrons. The number of anilines is 2. The van der Waals surface area contributed by atoms with Crippen LogP contribution >= 0.6 is 11.3 Å². The minimum atomic E-state index is -0.348. The molecular weight excluding hydrogens is 412 g/mol. The lowest BCUT2D eigenvalue weighted by molar-refractivity contribution is -0.114. The third-order valence-corrected chi connectivity index (χ3v) is 6.44. The smallest absolute Gasteiger partial charge is 0.341 e. The number of fused-ring (bicyclic) bond motifs is 1. The fraction of sp³-hybridized carbons (Fsp3) is 0.500. The number of aryl methyl sites for hydroxylation is 1. The summed E-state index contributed by atoms with van der Waals surface area (Å²) < 4.78 is 11.0. The van der Waals surface area contributed by atoms with Crippen LogP contribution in [0.2, 0.25) is 0 Å². The summed E-state index contributed by atoms with van der Waals surface area (Å²) in [6, 6.07) is 7.60. The predicted octanol–water partition coefficient (Wildman–Crippen LogP) is 5.42. The number of esters is 1. The number of ether oxygens (including phenoxy) is 2. The van der Waals surface area contributed by atoms with Gasteiger partial charge in [-0.05, 0) is 68.9 Å². The molecule has 2 N–H and O–H groups in total. The summed E-state index contributed by atoms with van der Waals surface area (Å²) >= 11 is 1.50. The lowest BCUT2D eigenvalue weighted by atomic mass is 9.95. The fourth-order valence-corrected chi connectivity index (χ4v) is 4.93. The molecule has 0 unspecified atom stereocenters. The first-order valence-electron chi connectivity index (χ1n) is 11.2. The van der Waals surface area contributed by atoms with Crippen LogP contribution in [0.1, 0.15) is 66.8 Å². The SMILES string of the molecule is CCCCCOc1ccc(NCC(=O)Nc2sc3c(c2C(=O)OCC)CCCC3)cc1. The highest BCUT2D eigenvalue weighted by molar-refractivity contribution is 7.17. The Balaban J connectivity index is 1.56. The van der Waals surface area contributed by atoms with Crippen LogP contribution in [-0.4, -0.2) is 31.6 Å². The third-order valence-electron chi connectivity index (χ3n) is 5.23. The Bertz CT molecular complexity index is 876. The fourth-order valence-electron chi connectivity index (χ4n) is 3.64. The lowest BCUT2D eigenvalue weighted by Gasteiger charge is -2.12. The van der Waals surface area contributed by atoms with Crippen LogP contribution in [0.25, 0.3) is 0 Å². The molecule has 0 atom stereocenters. The second-order valence-electron chi connectivity index (χ2n) is 7.62. The van der Waals surface area contributed by atoms with E-state index in [1.165, 1.54) is 29.1 Å². The first-order valence-corrected chi connectivity index (χ1v) is 12.0. The summed E-state index contributed by atoms with van der Waals surface area (Å²) in [7, 11) is 0. The second-order valence-corrected chi connectivity index (χ2v) is 8.72. The Morgan fingerprint density at radius 1 is 1.06 bits per heavy atom. The molecule has 1 aromatic carbocycles. The second kappa shape index (κ2) is 11.7. The number of amides is 1. The topological polar surface area (TPSA) is 76.7 Å². The maximum Gasteiger partial charge on any atom is 0.341 e. The highest BCUT2D eigenvalue weighted by Crippen LogP contribution is 2.38. The van der Waals surface area contributed by atoms with Gasteiger partial charge < -0.3 is 20.1 Å². The zero-order chi connectivity index (χ0) is 22.1. The first-order chi connectivity index (χ1) is 15.1. The summed E-state index contributed by atoms with van der Waals surface area (Å²) in [5.41, 5.74) is 2.43. The molecule has 1 aromatic heterocycles. The molecule has 3 rings (SSSR count). The normalized spacial score (nSPS) is 12.7. The van der Waals surface area contributed by atoms with Crippen LogP contribution in [-0.2, 0) is 22.4 Å². The summed E-state index contributed by atoms with van der Waals surface area (Å²) in [5, 5.41) is 6.65. The Hall–Kier alpha value is -2.54. The Labute approximate surface area is 188 Å². The molecule has 1 aliphatic rings. The van der Waals surface area contributed by atoms with Crippen LogP contribution in [0.4, 0.5) is 10.7 Å². The maximum absolute atomic E-state index is 12.6. The van der Waals surface area contributed by atoms with Gasteiger partial charge in [0.25, 0.3) is 0 Å². The number of carbonyl (C=O) groups is 2. The van der Waals surface area contributed by atoms with Crippen LogP contribution in [0.3, 0.4) is 0 Å². The molecular formula is C24H32N2O4S. The van der Waals surface area contributed by atoms with E-state index >= 15 is 0 Å². The van der Waals surface area contributed by atoms with Gasteiger partial charge in [-0.1, -0.05) is 19.8 Å². The third kappa shape index (κ3) is 6.47. The van der Waals surface area contributed by atoms with Gasteiger partial charge in [0.1, 0.15) is 10.8 Å². The molecule has 0 bridgehead atoms. The van der Waals surface area contributed by atoms with Crippen LogP contribution in [0.5, 0.6) is 5.75 Å². The molecule has 2 aromatic rings. The monoisotopic (exact) mass is 444 g/mol. The Morgan fingerprint density at radius 3 is 2.58 bits per heavy atom. The molecule has 1 heterocycles. The van der Waals surface area contributed by atoms with Crippen molar-refractivity contribution in [3.8, 4) is 5.75 Å². The summed E-state index contributed by atoms with van der Waals surface area (Å²) in [6.45, 7) is 5.11. The molecule has 0 aliphatic heterocycles. The number of rotatable bonds is 11. The van der Waals surface area contributed by atoms with Crippen molar-refractivity contribution < 1.29 is 19.1 Å². The van der Waals surface area contributed by atoms with Gasteiger partial charge in [0, 0.05) is 10.6 Å². The van der Waals surface area contributed by atoms with Crippen molar-refractivity contribution in [1.82, 2.24) is 0 Å². The molecule has 7 heteroatoms. The number of carbonyl (C=O) groups excluding carboxylic acids is 2. The summed E-state index contributed by atoms with van der Waals surface area (Å²) in [5.74, 6) is 0.290. The van der Waals surface area contributed by atoms with Crippen molar-refractivity contribution in [2.24, 2.45) is 0 Å². The lowest BCUT2D eigenvalue weighted by Crippen LogP contribution is -2.22. The van der Waals surface area contributed by atoms with E-state index in [1.807, 2.05) is 24.3 Å². The molecule has 6 nitrogen and oxygen atoms in total. The average Bonchev–Trinajstić information content (AvgIpc) is 3.14. The van der Waals surface area contributed by atoms with E-state index in [4.69, 9.17) is 9.47 Å². The number of unbranched alkanes of at least 4 members (excludes halogenated alkanes) is 2. The van der Waals surface area contributed by atoms with Crippen molar-refractivity contribution in [2.75, 3.05) is 30.4 Å². The number of benzene rings is 1. The van der Waals surface area contributed by atoms with Gasteiger partial charge in [-0.3, -0.25) is 4.79 Å². The van der Waals surface area contributed by atoms with Gasteiger partial charge >= 0.3 is 5.97 Å². The molecule has 0 saturated carbocycles. The molecule has 0 radical (unpaired) electrons. The molecule has 0 fully saturated rings. The molecule has 1 aliphatic carbocycles. The van der Waals surface area contributed by atoms with Crippen molar-refractivity contribution in [1.29, 1.82) is 0 Å². The van der Waals surface area contributed by atoms with Crippen molar-refractivity contribution >= 4 is 33.9 Å². The minimum absolute atomic E-state index is 0.113. The van der Waals surface area contributed by atoms with Crippen molar-refractivity contribution in [3.63, 3.8) is 0 Å². The van der Waals surface area contributed by atoms with E-state index in [9.17, 15) is 9.59 Å². The van der Waals surface area contributed by atoms with Gasteiger partial charge in [0.2, 0.25) is 5.91 Å². The zero-order valence-corrected chi connectivity index (χ0v) is 19.2. The van der Waals surface area contributed by atoms with E-state index in [2.05, 4.69) is 17.6 Å². The van der Waals surface area contributed by atoms with Gasteiger partial charge in [0.05, 0.1) is 25.3 Å². The predicted molar refractivity (Wildman–Crippen MR) is 125 cm³/mol. The highest BCUT2D eigenvalue weighted by atomic mass is 32.1. The van der Waals surface area contributed by atoms with E-state index in [0.717, 1.165) is 55.7 Å². The van der Waals surface area contributed by atoms with Gasteiger partial charge in [-0.25, -0.2) is 4.79 Å². The van der Waals surface area contributed by atoms with Crippen LogP contribution in [0, 0.1) is 0 Å². The number of thiophene rings is 1. The zero-order valence-electron chi connectivity index (χ0n) is 18.4.